The molecule has 136 valence electrons. The third kappa shape index (κ3) is 4.04. The molecular formula is C20H16N2O5. The Morgan fingerprint density at radius 2 is 1.63 bits per heavy atom. The molecule has 0 heterocycles. The molecule has 0 atom stereocenters. The van der Waals surface area contributed by atoms with Crippen LogP contribution in [0.2, 0.25) is 0 Å². The highest BCUT2D eigenvalue weighted by molar-refractivity contribution is 5.89. The molecule has 0 radical (unpaired) electrons. The molecule has 0 saturated heterocycles. The van der Waals surface area contributed by atoms with Crippen LogP contribution in [0.1, 0.15) is 0 Å². The summed E-state index contributed by atoms with van der Waals surface area (Å²) >= 11 is 0. The molecule has 0 spiro atoms. The van der Waals surface area contributed by atoms with Crippen molar-refractivity contribution < 1.29 is 19.6 Å². The summed E-state index contributed by atoms with van der Waals surface area (Å²) in [5, 5.41) is 20.3. The lowest BCUT2D eigenvalue weighted by atomic mass is 10.1. The molecule has 0 aliphatic rings. The van der Waals surface area contributed by atoms with Gasteiger partial charge >= 0.3 is 6.09 Å². The second kappa shape index (κ2) is 7.57. The Kier molecular flexibility index (Phi) is 5.03. The summed E-state index contributed by atoms with van der Waals surface area (Å²) in [5.74, 6) is 0.836. The molecule has 3 aromatic rings. The average Bonchev–Trinajstić information content (AvgIpc) is 2.68. The van der Waals surface area contributed by atoms with Crippen LogP contribution in [0.15, 0.2) is 72.8 Å². The predicted molar refractivity (Wildman–Crippen MR) is 101 cm³/mol. The van der Waals surface area contributed by atoms with Crippen molar-refractivity contribution in [3.63, 3.8) is 0 Å². The summed E-state index contributed by atoms with van der Waals surface area (Å²) in [7, 11) is 1.24. The van der Waals surface area contributed by atoms with Crippen molar-refractivity contribution in [2.75, 3.05) is 11.9 Å². The van der Waals surface area contributed by atoms with Crippen LogP contribution in [0.25, 0.3) is 11.1 Å². The van der Waals surface area contributed by atoms with Crippen LogP contribution in [0.4, 0.5) is 16.2 Å². The number of carbonyl (C=O) groups is 1. The van der Waals surface area contributed by atoms with E-state index in [4.69, 9.17) is 9.84 Å². The standard InChI is InChI=1S/C20H16N2O5/c1-21(20(23)24)19-13-17(10-11-18(19)22(25)26)27-16-9-5-8-15(12-16)14-6-3-2-4-7-14/h2-13H,1H3,(H,23,24). The molecule has 3 aromatic carbocycles. The van der Waals surface area contributed by atoms with Crippen LogP contribution >= 0.6 is 0 Å². The number of nitro benzene ring substituents is 1. The smallest absolute Gasteiger partial charge is 0.411 e. The molecule has 0 unspecified atom stereocenters. The number of ether oxygens (including phenoxy) is 1. The van der Waals surface area contributed by atoms with Crippen molar-refractivity contribution in [1.82, 2.24) is 0 Å². The fraction of sp³-hybridized carbons (Fsp3) is 0.0500. The molecule has 0 aliphatic carbocycles. The molecule has 27 heavy (non-hydrogen) atoms. The first-order valence-electron chi connectivity index (χ1n) is 8.04. The van der Waals surface area contributed by atoms with Crippen LogP contribution in [0.5, 0.6) is 11.5 Å². The zero-order chi connectivity index (χ0) is 19.4. The fourth-order valence-corrected chi connectivity index (χ4v) is 2.60. The van der Waals surface area contributed by atoms with E-state index in [1.54, 1.807) is 6.07 Å². The third-order valence-electron chi connectivity index (χ3n) is 3.97. The molecule has 0 aliphatic heterocycles. The Morgan fingerprint density at radius 3 is 2.30 bits per heavy atom. The Morgan fingerprint density at radius 1 is 0.963 bits per heavy atom. The van der Waals surface area contributed by atoms with Crippen LogP contribution in [0.3, 0.4) is 0 Å². The molecule has 1 N–H and O–H groups in total. The summed E-state index contributed by atoms with van der Waals surface area (Å²) in [6.07, 6.45) is -1.30. The largest absolute Gasteiger partial charge is 0.465 e. The van der Waals surface area contributed by atoms with E-state index in [1.807, 2.05) is 48.5 Å². The van der Waals surface area contributed by atoms with Crippen molar-refractivity contribution in [2.24, 2.45) is 0 Å². The van der Waals surface area contributed by atoms with Crippen molar-refractivity contribution >= 4 is 17.5 Å². The first kappa shape index (κ1) is 17.9. The van der Waals surface area contributed by atoms with Gasteiger partial charge < -0.3 is 9.84 Å². The lowest BCUT2D eigenvalue weighted by molar-refractivity contribution is -0.384. The molecule has 0 bridgehead atoms. The number of hydrogen-bond acceptors (Lipinski definition) is 4. The van der Waals surface area contributed by atoms with Crippen molar-refractivity contribution in [1.29, 1.82) is 0 Å². The second-order valence-electron chi connectivity index (χ2n) is 5.75. The van der Waals surface area contributed by atoms with E-state index < -0.39 is 11.0 Å². The number of rotatable bonds is 5. The zero-order valence-electron chi connectivity index (χ0n) is 14.4. The maximum absolute atomic E-state index is 11.2. The van der Waals surface area contributed by atoms with E-state index in [1.165, 1.54) is 25.2 Å². The number of hydrogen-bond donors (Lipinski definition) is 1. The Bertz CT molecular complexity index is 989. The Labute approximate surface area is 155 Å². The highest BCUT2D eigenvalue weighted by Gasteiger charge is 2.22. The van der Waals surface area contributed by atoms with Gasteiger partial charge in [-0.15, -0.1) is 0 Å². The van der Waals surface area contributed by atoms with Crippen molar-refractivity contribution in [2.45, 2.75) is 0 Å². The first-order chi connectivity index (χ1) is 13.0. The minimum atomic E-state index is -1.30. The van der Waals surface area contributed by atoms with E-state index in [0.29, 0.717) is 11.5 Å². The molecular weight excluding hydrogens is 348 g/mol. The molecule has 3 rings (SSSR count). The molecule has 7 nitrogen and oxygen atoms in total. The molecule has 7 heteroatoms. The van der Waals surface area contributed by atoms with E-state index in [0.717, 1.165) is 16.0 Å². The van der Waals surface area contributed by atoms with E-state index in [2.05, 4.69) is 0 Å². The van der Waals surface area contributed by atoms with Gasteiger partial charge in [-0.1, -0.05) is 42.5 Å². The van der Waals surface area contributed by atoms with E-state index >= 15 is 0 Å². The predicted octanol–water partition coefficient (Wildman–Crippen LogP) is 5.17. The SMILES string of the molecule is CN(C(=O)O)c1cc(Oc2cccc(-c3ccccc3)c2)ccc1[N+](=O)[O-]. The number of amides is 1. The fourth-order valence-electron chi connectivity index (χ4n) is 2.60. The van der Waals surface area contributed by atoms with Gasteiger partial charge in [0.1, 0.15) is 17.2 Å². The zero-order valence-corrected chi connectivity index (χ0v) is 14.4. The number of carboxylic acid groups (broad SMARTS) is 1. The minimum absolute atomic E-state index is 0.0655. The summed E-state index contributed by atoms with van der Waals surface area (Å²) in [6, 6.07) is 21.2. The number of benzene rings is 3. The molecule has 0 fully saturated rings. The lowest BCUT2D eigenvalue weighted by Gasteiger charge is -2.15. The summed E-state index contributed by atoms with van der Waals surface area (Å²) < 4.78 is 5.80. The minimum Gasteiger partial charge on any atom is -0.465 e. The van der Waals surface area contributed by atoms with Crippen molar-refractivity contribution in [3.8, 4) is 22.6 Å². The van der Waals surface area contributed by atoms with Gasteiger partial charge in [0.05, 0.1) is 4.92 Å². The summed E-state index contributed by atoms with van der Waals surface area (Å²) in [6.45, 7) is 0. The average molecular weight is 364 g/mol. The number of anilines is 1. The maximum atomic E-state index is 11.2. The van der Waals surface area contributed by atoms with Gasteiger partial charge in [-0.3, -0.25) is 15.0 Å². The maximum Gasteiger partial charge on any atom is 0.411 e. The monoisotopic (exact) mass is 364 g/mol. The van der Waals surface area contributed by atoms with Gasteiger partial charge in [0.25, 0.3) is 5.69 Å². The molecule has 0 aromatic heterocycles. The highest BCUT2D eigenvalue weighted by atomic mass is 16.6. The first-order valence-corrected chi connectivity index (χ1v) is 8.04. The van der Waals surface area contributed by atoms with Crippen molar-refractivity contribution in [3.05, 3.63) is 82.9 Å². The van der Waals surface area contributed by atoms with Gasteiger partial charge in [0.15, 0.2) is 0 Å². The highest BCUT2D eigenvalue weighted by Crippen LogP contribution is 2.34. The normalized spacial score (nSPS) is 10.3. The van der Waals surface area contributed by atoms with Gasteiger partial charge in [-0.25, -0.2) is 4.79 Å². The summed E-state index contributed by atoms with van der Waals surface area (Å²) in [4.78, 5) is 22.5. The van der Waals surface area contributed by atoms with Crippen LogP contribution < -0.4 is 9.64 Å². The number of nitro groups is 1. The lowest BCUT2D eigenvalue weighted by Crippen LogP contribution is -2.24. The third-order valence-corrected chi connectivity index (χ3v) is 3.97. The summed E-state index contributed by atoms with van der Waals surface area (Å²) in [5.41, 5.74) is 1.60. The van der Waals surface area contributed by atoms with Crippen LogP contribution in [-0.2, 0) is 0 Å². The van der Waals surface area contributed by atoms with Crippen LogP contribution in [0, 0.1) is 10.1 Å². The quantitative estimate of drug-likeness (QED) is 0.498. The second-order valence-corrected chi connectivity index (χ2v) is 5.75. The topological polar surface area (TPSA) is 92.9 Å². The van der Waals surface area contributed by atoms with Gasteiger partial charge in [0.2, 0.25) is 0 Å². The Balaban J connectivity index is 1.93. The van der Waals surface area contributed by atoms with Gasteiger partial charge in [0, 0.05) is 19.2 Å². The van der Waals surface area contributed by atoms with Crippen LogP contribution in [-0.4, -0.2) is 23.2 Å². The van der Waals surface area contributed by atoms with Gasteiger partial charge in [-0.2, -0.15) is 0 Å². The molecule has 0 saturated carbocycles. The Hall–Kier alpha value is -3.87. The van der Waals surface area contributed by atoms with E-state index in [-0.39, 0.29) is 11.4 Å². The molecule has 1 amide bonds. The number of nitrogens with zero attached hydrogens (tertiary/aromatic N) is 2. The van der Waals surface area contributed by atoms with E-state index in [9.17, 15) is 14.9 Å². The van der Waals surface area contributed by atoms with Gasteiger partial charge in [-0.05, 0) is 29.3 Å².